The quantitative estimate of drug-likeness (QED) is 0.482. The minimum atomic E-state index is 0.173. The Bertz CT molecular complexity index is 498. The number of hydrogen-bond acceptors (Lipinski definition) is 3. The topological polar surface area (TPSA) is 39.9 Å². The van der Waals surface area contributed by atoms with Gasteiger partial charge in [-0.25, -0.2) is 9.97 Å². The molecule has 0 aromatic carbocycles. The summed E-state index contributed by atoms with van der Waals surface area (Å²) in [5.74, 6) is 0. The van der Waals surface area contributed by atoms with Gasteiger partial charge >= 0.3 is 0 Å². The molecule has 0 aliphatic carbocycles. The predicted octanol–water partition coefficient (Wildman–Crippen LogP) is 2.77. The van der Waals surface area contributed by atoms with E-state index in [1.165, 1.54) is 0 Å². The summed E-state index contributed by atoms with van der Waals surface area (Å²) in [6, 6.07) is 1.88. The number of hydrogen-bond donors (Lipinski definition) is 0. The van der Waals surface area contributed by atoms with Crippen LogP contribution in [0.2, 0.25) is 10.4 Å². The van der Waals surface area contributed by atoms with Crippen LogP contribution in [0.15, 0.2) is 12.3 Å². The van der Waals surface area contributed by atoms with Gasteiger partial charge in [-0.05, 0) is 24.1 Å². The van der Waals surface area contributed by atoms with Gasteiger partial charge in [0.25, 0.3) is 0 Å². The van der Waals surface area contributed by atoms with Crippen molar-refractivity contribution in [2.24, 2.45) is 0 Å². The Morgan fingerprint density at radius 3 is 2.94 bits per heavy atom. The number of fused-ring (bicyclic) bond motifs is 1. The molecule has 2 heterocycles. The van der Waals surface area contributed by atoms with Crippen molar-refractivity contribution >= 4 is 34.2 Å². The van der Waals surface area contributed by atoms with Crippen molar-refractivity contribution in [2.75, 3.05) is 13.7 Å². The minimum Gasteiger partial charge on any atom is -0.385 e. The summed E-state index contributed by atoms with van der Waals surface area (Å²) in [4.78, 5) is 8.03. The Morgan fingerprint density at radius 1 is 1.38 bits per heavy atom. The monoisotopic (exact) mass is 259 g/mol. The number of methoxy groups -OCH3 is 1. The number of halogens is 2. The van der Waals surface area contributed by atoms with E-state index in [9.17, 15) is 0 Å². The molecule has 0 radical (unpaired) electrons. The molecule has 0 fully saturated rings. The molecule has 16 heavy (non-hydrogen) atoms. The van der Waals surface area contributed by atoms with Crippen LogP contribution in [0.5, 0.6) is 0 Å². The number of aromatic nitrogens is 3. The molecular weight excluding hydrogens is 249 g/mol. The molecule has 0 aliphatic heterocycles. The van der Waals surface area contributed by atoms with Crippen LogP contribution in [0.4, 0.5) is 0 Å². The third-order valence-electron chi connectivity index (χ3n) is 2.29. The van der Waals surface area contributed by atoms with E-state index in [1.54, 1.807) is 7.11 Å². The molecule has 2 rings (SSSR count). The summed E-state index contributed by atoms with van der Waals surface area (Å²) in [6.07, 6.45) is 2.84. The molecule has 0 spiro atoms. The molecule has 86 valence electrons. The summed E-state index contributed by atoms with van der Waals surface area (Å²) in [5, 5.41) is 0.560. The van der Waals surface area contributed by atoms with E-state index in [-0.39, 0.29) is 5.28 Å². The normalized spacial score (nSPS) is 11.2. The number of ether oxygens (including phenoxy) is 1. The minimum absolute atomic E-state index is 0.173. The van der Waals surface area contributed by atoms with Crippen LogP contribution in [-0.2, 0) is 11.3 Å². The first-order valence-electron chi connectivity index (χ1n) is 4.89. The largest absolute Gasteiger partial charge is 0.385 e. The molecule has 0 atom stereocenters. The maximum absolute atomic E-state index is 6.03. The Labute approximate surface area is 103 Å². The highest BCUT2D eigenvalue weighted by Gasteiger charge is 2.09. The molecule has 0 amide bonds. The van der Waals surface area contributed by atoms with Gasteiger partial charge in [0, 0.05) is 26.5 Å². The second-order valence-electron chi connectivity index (χ2n) is 3.37. The molecule has 0 N–H and O–H groups in total. The SMILES string of the molecule is COCCCn1ccc2nc(Cl)nc(Cl)c21. The number of rotatable bonds is 4. The van der Waals surface area contributed by atoms with Crippen molar-refractivity contribution in [1.82, 2.24) is 14.5 Å². The van der Waals surface area contributed by atoms with Crippen molar-refractivity contribution < 1.29 is 4.74 Å². The lowest BCUT2D eigenvalue weighted by Crippen LogP contribution is -2.01. The van der Waals surface area contributed by atoms with Crippen LogP contribution in [-0.4, -0.2) is 28.3 Å². The first kappa shape index (κ1) is 11.6. The average Bonchev–Trinajstić information content (AvgIpc) is 2.62. The Hall–Kier alpha value is -0.840. The summed E-state index contributed by atoms with van der Waals surface area (Å²) in [5.41, 5.74) is 1.59. The van der Waals surface area contributed by atoms with Crippen molar-refractivity contribution in [3.8, 4) is 0 Å². The van der Waals surface area contributed by atoms with Gasteiger partial charge < -0.3 is 9.30 Å². The summed E-state index contributed by atoms with van der Waals surface area (Å²) in [6.45, 7) is 1.54. The molecule has 0 saturated heterocycles. The lowest BCUT2D eigenvalue weighted by Gasteiger charge is -2.05. The van der Waals surface area contributed by atoms with Gasteiger partial charge in [0.2, 0.25) is 5.28 Å². The molecule has 0 saturated carbocycles. The molecule has 0 aliphatic rings. The van der Waals surface area contributed by atoms with E-state index in [2.05, 4.69) is 9.97 Å². The van der Waals surface area contributed by atoms with E-state index in [4.69, 9.17) is 27.9 Å². The van der Waals surface area contributed by atoms with Crippen LogP contribution >= 0.6 is 23.2 Å². The van der Waals surface area contributed by atoms with Gasteiger partial charge in [0.05, 0.1) is 5.52 Å². The maximum Gasteiger partial charge on any atom is 0.224 e. The highest BCUT2D eigenvalue weighted by Crippen LogP contribution is 2.23. The van der Waals surface area contributed by atoms with E-state index in [0.717, 1.165) is 24.0 Å². The van der Waals surface area contributed by atoms with Gasteiger partial charge in [-0.1, -0.05) is 11.6 Å². The number of aryl methyl sites for hydroxylation is 1. The first-order valence-corrected chi connectivity index (χ1v) is 5.65. The van der Waals surface area contributed by atoms with Crippen molar-refractivity contribution in [3.63, 3.8) is 0 Å². The van der Waals surface area contributed by atoms with Crippen LogP contribution in [0.3, 0.4) is 0 Å². The summed E-state index contributed by atoms with van der Waals surface area (Å²) in [7, 11) is 1.68. The molecule has 2 aromatic rings. The molecule has 4 nitrogen and oxygen atoms in total. The van der Waals surface area contributed by atoms with Crippen LogP contribution in [0, 0.1) is 0 Å². The number of nitrogens with zero attached hydrogens (tertiary/aromatic N) is 3. The second kappa shape index (κ2) is 4.99. The second-order valence-corrected chi connectivity index (χ2v) is 4.07. The van der Waals surface area contributed by atoms with Crippen LogP contribution < -0.4 is 0 Å². The molecular formula is C10H11Cl2N3O. The van der Waals surface area contributed by atoms with E-state index in [0.29, 0.717) is 11.8 Å². The zero-order chi connectivity index (χ0) is 11.5. The lowest BCUT2D eigenvalue weighted by molar-refractivity contribution is 0.190. The molecule has 0 bridgehead atoms. The fourth-order valence-corrected chi connectivity index (χ4v) is 2.10. The standard InChI is InChI=1S/C10H11Cl2N3O/c1-16-6-2-4-15-5-3-7-8(15)9(11)14-10(12)13-7/h3,5H,2,4,6H2,1H3. The third-order valence-corrected chi connectivity index (χ3v) is 2.72. The van der Waals surface area contributed by atoms with Crippen molar-refractivity contribution in [2.45, 2.75) is 13.0 Å². The molecule has 0 unspecified atom stereocenters. The van der Waals surface area contributed by atoms with Gasteiger partial charge in [-0.15, -0.1) is 0 Å². The van der Waals surface area contributed by atoms with Crippen LogP contribution in [0.1, 0.15) is 6.42 Å². The smallest absolute Gasteiger partial charge is 0.224 e. The predicted molar refractivity (Wildman–Crippen MR) is 64.0 cm³/mol. The molecule has 6 heteroatoms. The Balaban J connectivity index is 2.33. The Kier molecular flexibility index (Phi) is 3.63. The van der Waals surface area contributed by atoms with E-state index >= 15 is 0 Å². The van der Waals surface area contributed by atoms with Gasteiger partial charge in [-0.2, -0.15) is 0 Å². The Morgan fingerprint density at radius 2 is 2.19 bits per heavy atom. The van der Waals surface area contributed by atoms with Gasteiger partial charge in [0.1, 0.15) is 5.52 Å². The highest BCUT2D eigenvalue weighted by molar-refractivity contribution is 6.35. The van der Waals surface area contributed by atoms with E-state index < -0.39 is 0 Å². The zero-order valence-electron chi connectivity index (χ0n) is 8.78. The van der Waals surface area contributed by atoms with Gasteiger partial charge in [0.15, 0.2) is 5.15 Å². The lowest BCUT2D eigenvalue weighted by atomic mass is 10.4. The third kappa shape index (κ3) is 2.29. The first-order chi connectivity index (χ1) is 7.72. The van der Waals surface area contributed by atoms with Crippen LogP contribution in [0.25, 0.3) is 11.0 Å². The summed E-state index contributed by atoms with van der Waals surface area (Å²) >= 11 is 11.8. The average molecular weight is 260 g/mol. The van der Waals surface area contributed by atoms with Crippen molar-refractivity contribution in [3.05, 3.63) is 22.7 Å². The van der Waals surface area contributed by atoms with E-state index in [1.807, 2.05) is 16.8 Å². The molecule has 2 aromatic heterocycles. The zero-order valence-corrected chi connectivity index (χ0v) is 10.3. The highest BCUT2D eigenvalue weighted by atomic mass is 35.5. The summed E-state index contributed by atoms with van der Waals surface area (Å²) < 4.78 is 7.01. The fraction of sp³-hybridized carbons (Fsp3) is 0.400. The fourth-order valence-electron chi connectivity index (χ4n) is 1.60. The van der Waals surface area contributed by atoms with Gasteiger partial charge in [-0.3, -0.25) is 0 Å². The van der Waals surface area contributed by atoms with Crippen molar-refractivity contribution in [1.29, 1.82) is 0 Å². The maximum atomic E-state index is 6.03.